The molecule has 1 aliphatic heterocycles. The third kappa shape index (κ3) is 4.33. The summed E-state index contributed by atoms with van der Waals surface area (Å²) in [7, 11) is -3.71. The SMILES string of the molecule is Cc1cc(F)ccc1S(=O)(=O)N1CCC(NC(=O)c2ccc(F)cc2)CC1. The Bertz CT molecular complexity index is 938. The highest BCUT2D eigenvalue weighted by Crippen LogP contribution is 2.24. The van der Waals surface area contributed by atoms with Crippen LogP contribution in [-0.4, -0.2) is 37.8 Å². The molecule has 0 saturated carbocycles. The van der Waals surface area contributed by atoms with Crippen molar-refractivity contribution in [3.05, 3.63) is 65.2 Å². The summed E-state index contributed by atoms with van der Waals surface area (Å²) in [6, 6.07) is 8.69. The summed E-state index contributed by atoms with van der Waals surface area (Å²) >= 11 is 0. The third-order valence-corrected chi connectivity index (χ3v) is 6.71. The second kappa shape index (κ2) is 7.74. The first kappa shape index (κ1) is 19.4. The van der Waals surface area contributed by atoms with E-state index >= 15 is 0 Å². The van der Waals surface area contributed by atoms with Gasteiger partial charge in [-0.3, -0.25) is 4.79 Å². The van der Waals surface area contributed by atoms with Crippen LogP contribution in [0.25, 0.3) is 0 Å². The Hall–Kier alpha value is -2.32. The van der Waals surface area contributed by atoms with Gasteiger partial charge in [0.05, 0.1) is 4.90 Å². The number of aryl methyl sites for hydroxylation is 1. The van der Waals surface area contributed by atoms with Gasteiger partial charge in [-0.15, -0.1) is 0 Å². The third-order valence-electron chi connectivity index (χ3n) is 4.65. The van der Waals surface area contributed by atoms with E-state index < -0.39 is 21.7 Å². The molecule has 0 atom stereocenters. The molecule has 0 aliphatic carbocycles. The lowest BCUT2D eigenvalue weighted by molar-refractivity contribution is 0.0924. The number of nitrogens with zero attached hydrogens (tertiary/aromatic N) is 1. The van der Waals surface area contributed by atoms with E-state index in [4.69, 9.17) is 0 Å². The maximum absolute atomic E-state index is 13.2. The highest BCUT2D eigenvalue weighted by Gasteiger charge is 2.31. The van der Waals surface area contributed by atoms with Crippen molar-refractivity contribution in [1.29, 1.82) is 0 Å². The van der Waals surface area contributed by atoms with Gasteiger partial charge in [-0.2, -0.15) is 4.31 Å². The quantitative estimate of drug-likeness (QED) is 0.867. The first-order chi connectivity index (χ1) is 12.8. The Balaban J connectivity index is 1.62. The molecule has 2 aromatic carbocycles. The van der Waals surface area contributed by atoms with Crippen LogP contribution >= 0.6 is 0 Å². The summed E-state index contributed by atoms with van der Waals surface area (Å²) in [5.41, 5.74) is 0.718. The van der Waals surface area contributed by atoms with E-state index in [2.05, 4.69) is 5.32 Å². The van der Waals surface area contributed by atoms with Crippen molar-refractivity contribution in [2.75, 3.05) is 13.1 Å². The number of carbonyl (C=O) groups is 1. The van der Waals surface area contributed by atoms with Crippen molar-refractivity contribution in [3.63, 3.8) is 0 Å². The molecule has 1 heterocycles. The van der Waals surface area contributed by atoms with Gasteiger partial charge in [-0.1, -0.05) is 0 Å². The average molecular weight is 394 g/mol. The van der Waals surface area contributed by atoms with E-state index in [1.54, 1.807) is 6.92 Å². The van der Waals surface area contributed by atoms with Crippen LogP contribution in [0.5, 0.6) is 0 Å². The molecule has 1 aliphatic rings. The number of hydrogen-bond donors (Lipinski definition) is 1. The van der Waals surface area contributed by atoms with E-state index in [0.717, 1.165) is 6.07 Å². The summed E-state index contributed by atoms with van der Waals surface area (Å²) in [5.74, 6) is -1.21. The Morgan fingerprint density at radius 1 is 1.04 bits per heavy atom. The van der Waals surface area contributed by atoms with E-state index in [1.165, 1.54) is 40.7 Å². The number of amides is 1. The lowest BCUT2D eigenvalue weighted by Crippen LogP contribution is -2.46. The fourth-order valence-corrected chi connectivity index (χ4v) is 4.83. The molecule has 0 radical (unpaired) electrons. The van der Waals surface area contributed by atoms with Gasteiger partial charge >= 0.3 is 0 Å². The van der Waals surface area contributed by atoms with Crippen LogP contribution in [0.1, 0.15) is 28.8 Å². The summed E-state index contributed by atoms with van der Waals surface area (Å²) in [6.07, 6.45) is 0.929. The van der Waals surface area contributed by atoms with E-state index in [1.807, 2.05) is 0 Å². The Morgan fingerprint density at radius 3 is 2.22 bits per heavy atom. The molecule has 0 unspecified atom stereocenters. The van der Waals surface area contributed by atoms with Crippen molar-refractivity contribution in [2.24, 2.45) is 0 Å². The topological polar surface area (TPSA) is 66.5 Å². The standard InChI is InChI=1S/C19H20F2N2O3S/c1-13-12-16(21)6-7-18(13)27(25,26)23-10-8-17(9-11-23)22-19(24)14-2-4-15(20)5-3-14/h2-7,12,17H,8-11H2,1H3,(H,22,24). The number of hydrogen-bond acceptors (Lipinski definition) is 3. The minimum atomic E-state index is -3.71. The molecule has 3 rings (SSSR count). The van der Waals surface area contributed by atoms with E-state index in [-0.39, 0.29) is 29.9 Å². The van der Waals surface area contributed by atoms with Crippen molar-refractivity contribution < 1.29 is 22.0 Å². The van der Waals surface area contributed by atoms with Gasteiger partial charge in [0.15, 0.2) is 0 Å². The molecule has 1 N–H and O–H groups in total. The summed E-state index contributed by atoms with van der Waals surface area (Å²) in [6.45, 7) is 2.08. The molecule has 2 aromatic rings. The van der Waals surface area contributed by atoms with Crippen LogP contribution in [0.15, 0.2) is 47.4 Å². The number of sulfonamides is 1. The molecule has 144 valence electrons. The second-order valence-corrected chi connectivity index (χ2v) is 8.47. The first-order valence-corrected chi connectivity index (χ1v) is 10.0. The van der Waals surface area contributed by atoms with Crippen molar-refractivity contribution in [3.8, 4) is 0 Å². The molecule has 27 heavy (non-hydrogen) atoms. The molecule has 1 saturated heterocycles. The molecule has 0 bridgehead atoms. The minimum absolute atomic E-state index is 0.0951. The first-order valence-electron chi connectivity index (χ1n) is 8.60. The monoisotopic (exact) mass is 394 g/mol. The number of carbonyl (C=O) groups excluding carboxylic acids is 1. The van der Waals surface area contributed by atoms with Crippen LogP contribution in [-0.2, 0) is 10.0 Å². The number of halogens is 2. The Kier molecular flexibility index (Phi) is 5.57. The van der Waals surface area contributed by atoms with Gasteiger partial charge in [0.25, 0.3) is 5.91 Å². The maximum Gasteiger partial charge on any atom is 0.251 e. The fraction of sp³-hybridized carbons (Fsp3) is 0.316. The smallest absolute Gasteiger partial charge is 0.251 e. The average Bonchev–Trinajstić information content (AvgIpc) is 2.62. The summed E-state index contributed by atoms with van der Waals surface area (Å²) in [4.78, 5) is 12.3. The van der Waals surface area contributed by atoms with Gasteiger partial charge in [0, 0.05) is 24.7 Å². The van der Waals surface area contributed by atoms with Crippen molar-refractivity contribution >= 4 is 15.9 Å². The zero-order valence-electron chi connectivity index (χ0n) is 14.8. The van der Waals surface area contributed by atoms with E-state index in [0.29, 0.717) is 24.0 Å². The summed E-state index contributed by atoms with van der Waals surface area (Å²) in [5, 5.41) is 2.85. The second-order valence-electron chi connectivity index (χ2n) is 6.57. The minimum Gasteiger partial charge on any atom is -0.349 e. The molecule has 0 spiro atoms. The van der Waals surface area contributed by atoms with Gasteiger partial charge in [0.1, 0.15) is 11.6 Å². The number of piperidine rings is 1. The van der Waals surface area contributed by atoms with Crippen LogP contribution < -0.4 is 5.32 Å². The van der Waals surface area contributed by atoms with Crippen LogP contribution in [0.4, 0.5) is 8.78 Å². The summed E-state index contributed by atoms with van der Waals surface area (Å²) < 4.78 is 53.1. The number of nitrogens with one attached hydrogen (secondary N) is 1. The Labute approximate surface area is 157 Å². The molecule has 1 amide bonds. The zero-order valence-corrected chi connectivity index (χ0v) is 15.6. The predicted octanol–water partition coefficient (Wildman–Crippen LogP) is 2.86. The number of benzene rings is 2. The molecule has 8 heteroatoms. The van der Waals surface area contributed by atoms with Crippen LogP contribution in [0.2, 0.25) is 0 Å². The van der Waals surface area contributed by atoms with Crippen molar-refractivity contribution in [1.82, 2.24) is 9.62 Å². The highest BCUT2D eigenvalue weighted by molar-refractivity contribution is 7.89. The lowest BCUT2D eigenvalue weighted by atomic mass is 10.1. The highest BCUT2D eigenvalue weighted by atomic mass is 32.2. The van der Waals surface area contributed by atoms with Crippen molar-refractivity contribution in [2.45, 2.75) is 30.7 Å². The van der Waals surface area contributed by atoms with Crippen LogP contribution in [0.3, 0.4) is 0 Å². The molecular formula is C19H20F2N2O3S. The van der Waals surface area contributed by atoms with Gasteiger partial charge in [-0.25, -0.2) is 17.2 Å². The lowest BCUT2D eigenvalue weighted by Gasteiger charge is -2.32. The predicted molar refractivity (Wildman–Crippen MR) is 96.8 cm³/mol. The normalized spacial score (nSPS) is 16.3. The van der Waals surface area contributed by atoms with Crippen LogP contribution in [0, 0.1) is 18.6 Å². The maximum atomic E-state index is 13.2. The molecule has 5 nitrogen and oxygen atoms in total. The number of rotatable bonds is 4. The zero-order chi connectivity index (χ0) is 19.6. The Morgan fingerprint density at radius 2 is 1.63 bits per heavy atom. The van der Waals surface area contributed by atoms with E-state index in [9.17, 15) is 22.0 Å². The van der Waals surface area contributed by atoms with Gasteiger partial charge < -0.3 is 5.32 Å². The van der Waals surface area contributed by atoms with Gasteiger partial charge in [-0.05, 0) is 67.8 Å². The fourth-order valence-electron chi connectivity index (χ4n) is 3.15. The molecule has 0 aromatic heterocycles. The van der Waals surface area contributed by atoms with Gasteiger partial charge in [0.2, 0.25) is 10.0 Å². The molecular weight excluding hydrogens is 374 g/mol. The largest absolute Gasteiger partial charge is 0.349 e. The molecule has 1 fully saturated rings.